The minimum atomic E-state index is 0.276. The highest BCUT2D eigenvalue weighted by Crippen LogP contribution is 2.09. The molecule has 0 aliphatic rings. The second-order valence-corrected chi connectivity index (χ2v) is 5.09. The van der Waals surface area contributed by atoms with Crippen LogP contribution in [0, 0.1) is 0 Å². The second kappa shape index (κ2) is 11.5. The van der Waals surface area contributed by atoms with E-state index in [0.717, 1.165) is 25.0 Å². The smallest absolute Gasteiger partial charge is 0.0446 e. The van der Waals surface area contributed by atoms with Crippen LogP contribution in [0.15, 0.2) is 12.7 Å². The number of thioether (sulfide) groups is 1. The maximum Gasteiger partial charge on any atom is 0.0446 e. The van der Waals surface area contributed by atoms with Crippen LogP contribution < -0.4 is 5.32 Å². The predicted molar refractivity (Wildman–Crippen MR) is 75.1 cm³/mol. The summed E-state index contributed by atoms with van der Waals surface area (Å²) in [5.41, 5.74) is 0. The van der Waals surface area contributed by atoms with Crippen LogP contribution in [-0.2, 0) is 0 Å². The number of rotatable bonds is 11. The molecule has 0 aromatic heterocycles. The molecular formula is C13H27NOS. The average molecular weight is 245 g/mol. The quantitative estimate of drug-likeness (QED) is 0.549. The third-order valence-electron chi connectivity index (χ3n) is 2.67. The van der Waals surface area contributed by atoms with Crippen LogP contribution in [0.3, 0.4) is 0 Å². The SMILES string of the molecule is C=CCCC(CCC)NC(CCO)CSC. The number of aliphatic hydroxyl groups excluding tert-OH is 1. The highest BCUT2D eigenvalue weighted by Gasteiger charge is 2.13. The van der Waals surface area contributed by atoms with E-state index in [2.05, 4.69) is 25.1 Å². The first-order valence-corrected chi connectivity index (χ1v) is 7.64. The molecule has 0 saturated heterocycles. The van der Waals surface area contributed by atoms with Crippen molar-refractivity contribution in [3.05, 3.63) is 12.7 Å². The Morgan fingerprint density at radius 1 is 1.31 bits per heavy atom. The summed E-state index contributed by atoms with van der Waals surface area (Å²) in [5.74, 6) is 1.08. The number of hydrogen-bond acceptors (Lipinski definition) is 3. The number of hydrogen-bond donors (Lipinski definition) is 2. The first kappa shape index (κ1) is 16.0. The second-order valence-electron chi connectivity index (χ2n) is 4.18. The summed E-state index contributed by atoms with van der Waals surface area (Å²) in [5, 5.41) is 12.7. The average Bonchev–Trinajstić information content (AvgIpc) is 2.27. The van der Waals surface area contributed by atoms with Gasteiger partial charge >= 0.3 is 0 Å². The number of aliphatic hydroxyl groups is 1. The van der Waals surface area contributed by atoms with E-state index in [1.807, 2.05) is 17.8 Å². The Morgan fingerprint density at radius 2 is 2.06 bits per heavy atom. The predicted octanol–water partition coefficient (Wildman–Crippen LogP) is 2.82. The summed E-state index contributed by atoms with van der Waals surface area (Å²) in [7, 11) is 0. The van der Waals surface area contributed by atoms with Crippen molar-refractivity contribution in [3.8, 4) is 0 Å². The molecule has 0 bridgehead atoms. The first-order chi connectivity index (χ1) is 7.78. The largest absolute Gasteiger partial charge is 0.396 e. The Hall–Kier alpha value is 0.0100. The Balaban J connectivity index is 4.02. The van der Waals surface area contributed by atoms with Crippen LogP contribution in [0.4, 0.5) is 0 Å². The standard InChI is InChI=1S/C13H27NOS/c1-4-6-8-12(7-5-2)14-13(9-10-15)11-16-3/h4,12-15H,1,5-11H2,2-3H3. The fraction of sp³-hybridized carbons (Fsp3) is 0.846. The highest BCUT2D eigenvalue weighted by atomic mass is 32.2. The molecule has 2 nitrogen and oxygen atoms in total. The van der Waals surface area contributed by atoms with Gasteiger partial charge in [-0.2, -0.15) is 11.8 Å². The third-order valence-corrected chi connectivity index (χ3v) is 3.41. The van der Waals surface area contributed by atoms with E-state index in [9.17, 15) is 0 Å². The maximum atomic E-state index is 9.02. The molecule has 0 rings (SSSR count). The fourth-order valence-corrected chi connectivity index (χ4v) is 2.55. The van der Waals surface area contributed by atoms with Gasteiger partial charge in [-0.15, -0.1) is 6.58 Å². The van der Waals surface area contributed by atoms with Gasteiger partial charge in [0, 0.05) is 24.4 Å². The van der Waals surface area contributed by atoms with Crippen molar-refractivity contribution in [1.82, 2.24) is 5.32 Å². The molecule has 0 aromatic rings. The molecule has 0 radical (unpaired) electrons. The normalized spacial score (nSPS) is 14.7. The van der Waals surface area contributed by atoms with Crippen LogP contribution in [0.5, 0.6) is 0 Å². The maximum absolute atomic E-state index is 9.02. The van der Waals surface area contributed by atoms with Gasteiger partial charge in [0.2, 0.25) is 0 Å². The van der Waals surface area contributed by atoms with Crippen LogP contribution >= 0.6 is 11.8 Å². The zero-order valence-electron chi connectivity index (χ0n) is 10.7. The van der Waals surface area contributed by atoms with Gasteiger partial charge in [-0.25, -0.2) is 0 Å². The van der Waals surface area contributed by atoms with Gasteiger partial charge in [0.1, 0.15) is 0 Å². The van der Waals surface area contributed by atoms with Gasteiger partial charge in [0.15, 0.2) is 0 Å². The van der Waals surface area contributed by atoms with Gasteiger partial charge in [-0.1, -0.05) is 19.4 Å². The number of nitrogens with one attached hydrogen (secondary N) is 1. The topological polar surface area (TPSA) is 32.3 Å². The lowest BCUT2D eigenvalue weighted by Crippen LogP contribution is -2.40. The molecule has 0 amide bonds. The molecule has 0 heterocycles. The Bertz CT molecular complexity index is 158. The van der Waals surface area contributed by atoms with Gasteiger partial charge in [0.25, 0.3) is 0 Å². The lowest BCUT2D eigenvalue weighted by Gasteiger charge is -2.24. The summed E-state index contributed by atoms with van der Waals surface area (Å²) in [6.45, 7) is 6.27. The Morgan fingerprint density at radius 3 is 2.56 bits per heavy atom. The van der Waals surface area contributed by atoms with Crippen LogP contribution in [0.2, 0.25) is 0 Å². The van der Waals surface area contributed by atoms with E-state index in [1.165, 1.54) is 12.8 Å². The molecule has 0 aliphatic carbocycles. The molecule has 0 spiro atoms. The molecule has 96 valence electrons. The van der Waals surface area contributed by atoms with E-state index in [1.54, 1.807) is 0 Å². The zero-order valence-corrected chi connectivity index (χ0v) is 11.6. The summed E-state index contributed by atoms with van der Waals surface area (Å²) >= 11 is 1.84. The third kappa shape index (κ3) is 8.20. The lowest BCUT2D eigenvalue weighted by molar-refractivity contribution is 0.261. The van der Waals surface area contributed by atoms with E-state index in [-0.39, 0.29) is 6.61 Å². The van der Waals surface area contributed by atoms with E-state index >= 15 is 0 Å². The molecule has 2 N–H and O–H groups in total. The van der Waals surface area contributed by atoms with Crippen LogP contribution in [-0.4, -0.2) is 35.8 Å². The molecule has 2 unspecified atom stereocenters. The van der Waals surface area contributed by atoms with Crippen LogP contribution in [0.25, 0.3) is 0 Å². The molecule has 0 saturated carbocycles. The highest BCUT2D eigenvalue weighted by molar-refractivity contribution is 7.98. The van der Waals surface area contributed by atoms with E-state index < -0.39 is 0 Å². The van der Waals surface area contributed by atoms with Crippen molar-refractivity contribution in [2.45, 2.75) is 51.1 Å². The van der Waals surface area contributed by atoms with Gasteiger partial charge < -0.3 is 10.4 Å². The van der Waals surface area contributed by atoms with Gasteiger partial charge in [-0.3, -0.25) is 0 Å². The Labute approximate surface area is 105 Å². The monoisotopic (exact) mass is 245 g/mol. The van der Waals surface area contributed by atoms with Crippen molar-refractivity contribution < 1.29 is 5.11 Å². The molecule has 3 heteroatoms. The molecular weight excluding hydrogens is 218 g/mol. The van der Waals surface area contributed by atoms with Crippen molar-refractivity contribution in [2.24, 2.45) is 0 Å². The van der Waals surface area contributed by atoms with Gasteiger partial charge in [0.05, 0.1) is 0 Å². The van der Waals surface area contributed by atoms with E-state index in [0.29, 0.717) is 12.1 Å². The summed E-state index contributed by atoms with van der Waals surface area (Å²) in [6, 6.07) is 1.02. The first-order valence-electron chi connectivity index (χ1n) is 6.25. The summed E-state index contributed by atoms with van der Waals surface area (Å²) < 4.78 is 0. The molecule has 16 heavy (non-hydrogen) atoms. The minimum absolute atomic E-state index is 0.276. The molecule has 0 fully saturated rings. The lowest BCUT2D eigenvalue weighted by atomic mass is 10.0. The summed E-state index contributed by atoms with van der Waals surface area (Å²) in [4.78, 5) is 0. The molecule has 0 aromatic carbocycles. The number of allylic oxidation sites excluding steroid dienone is 1. The molecule has 2 atom stereocenters. The van der Waals surface area contributed by atoms with E-state index in [4.69, 9.17) is 5.11 Å². The molecule has 0 aliphatic heterocycles. The fourth-order valence-electron chi connectivity index (χ4n) is 1.88. The van der Waals surface area contributed by atoms with Gasteiger partial charge in [-0.05, 0) is 31.9 Å². The van der Waals surface area contributed by atoms with Crippen molar-refractivity contribution >= 4 is 11.8 Å². The summed E-state index contributed by atoms with van der Waals surface area (Å²) in [6.07, 6.45) is 9.61. The van der Waals surface area contributed by atoms with Crippen molar-refractivity contribution in [2.75, 3.05) is 18.6 Å². The zero-order chi connectivity index (χ0) is 12.2. The minimum Gasteiger partial charge on any atom is -0.396 e. The van der Waals surface area contributed by atoms with Crippen molar-refractivity contribution in [3.63, 3.8) is 0 Å². The van der Waals surface area contributed by atoms with Crippen LogP contribution in [0.1, 0.15) is 39.0 Å². The Kier molecular flexibility index (Phi) is 11.5. The van der Waals surface area contributed by atoms with Crippen molar-refractivity contribution in [1.29, 1.82) is 0 Å².